The van der Waals surface area contributed by atoms with Gasteiger partial charge in [-0.05, 0) is 30.0 Å². The first-order valence-electron chi connectivity index (χ1n) is 7.20. The van der Waals surface area contributed by atoms with Gasteiger partial charge in [-0.15, -0.1) is 0 Å². The minimum atomic E-state index is 1.06. The molecular weight excluding hydrogens is 232 g/mol. The monoisotopic (exact) mass is 254 g/mol. The molecule has 19 heavy (non-hydrogen) atoms. The van der Waals surface area contributed by atoms with E-state index in [4.69, 9.17) is 0 Å². The summed E-state index contributed by atoms with van der Waals surface area (Å²) in [7, 11) is 2.21. The van der Waals surface area contributed by atoms with Gasteiger partial charge < -0.3 is 4.57 Å². The van der Waals surface area contributed by atoms with E-state index in [9.17, 15) is 0 Å². The Labute approximate surface area is 115 Å². The van der Waals surface area contributed by atoms with Crippen LogP contribution in [0.3, 0.4) is 0 Å². The van der Waals surface area contributed by atoms with Gasteiger partial charge in [0, 0.05) is 38.1 Å². The van der Waals surface area contributed by atoms with E-state index < -0.39 is 0 Å². The maximum Gasteiger partial charge on any atom is 0.0393 e. The molecule has 2 aromatic rings. The standard InChI is InChI=1S/C17H22N2/c1-3-16-11-15-9-10-19(13-17(15)18(16)2)12-14-7-5-4-6-8-14/h4-8,11H,3,9-10,12-13H2,1-2H3. The zero-order valence-electron chi connectivity index (χ0n) is 11.9. The first-order valence-corrected chi connectivity index (χ1v) is 7.20. The highest BCUT2D eigenvalue weighted by atomic mass is 15.2. The van der Waals surface area contributed by atoms with Crippen molar-refractivity contribution in [1.29, 1.82) is 0 Å². The smallest absolute Gasteiger partial charge is 0.0393 e. The Morgan fingerprint density at radius 2 is 1.95 bits per heavy atom. The predicted octanol–water partition coefficient (Wildman–Crippen LogP) is 3.15. The van der Waals surface area contributed by atoms with Crippen molar-refractivity contribution in [3.63, 3.8) is 0 Å². The van der Waals surface area contributed by atoms with Crippen molar-refractivity contribution < 1.29 is 0 Å². The summed E-state index contributed by atoms with van der Waals surface area (Å²) < 4.78 is 2.40. The number of nitrogens with zero attached hydrogens (tertiary/aromatic N) is 2. The topological polar surface area (TPSA) is 8.17 Å². The molecule has 0 amide bonds. The van der Waals surface area contributed by atoms with Gasteiger partial charge in [0.15, 0.2) is 0 Å². The Hall–Kier alpha value is -1.54. The number of benzene rings is 1. The normalized spacial score (nSPS) is 15.5. The number of aryl methyl sites for hydroxylation is 1. The summed E-state index contributed by atoms with van der Waals surface area (Å²) in [6.07, 6.45) is 2.32. The number of fused-ring (bicyclic) bond motifs is 1. The van der Waals surface area contributed by atoms with Crippen LogP contribution in [0.2, 0.25) is 0 Å². The molecule has 0 bridgehead atoms. The Morgan fingerprint density at radius 1 is 1.16 bits per heavy atom. The molecule has 0 unspecified atom stereocenters. The van der Waals surface area contributed by atoms with Crippen molar-refractivity contribution in [2.75, 3.05) is 6.54 Å². The van der Waals surface area contributed by atoms with Gasteiger partial charge in [0.05, 0.1) is 0 Å². The van der Waals surface area contributed by atoms with Crippen LogP contribution in [0.25, 0.3) is 0 Å². The van der Waals surface area contributed by atoms with Crippen LogP contribution in [0.5, 0.6) is 0 Å². The maximum absolute atomic E-state index is 2.55. The van der Waals surface area contributed by atoms with Crippen LogP contribution in [0.15, 0.2) is 36.4 Å². The molecule has 0 N–H and O–H groups in total. The molecule has 1 aliphatic rings. The molecule has 0 radical (unpaired) electrons. The Morgan fingerprint density at radius 3 is 2.68 bits per heavy atom. The van der Waals surface area contributed by atoms with E-state index in [0.717, 1.165) is 19.5 Å². The summed E-state index contributed by atoms with van der Waals surface area (Å²) in [5, 5.41) is 0. The Bertz CT molecular complexity index is 554. The molecule has 2 nitrogen and oxygen atoms in total. The minimum Gasteiger partial charge on any atom is -0.350 e. The van der Waals surface area contributed by atoms with E-state index in [-0.39, 0.29) is 0 Å². The molecule has 3 rings (SSSR count). The molecule has 0 aliphatic carbocycles. The van der Waals surface area contributed by atoms with Gasteiger partial charge in [0.25, 0.3) is 0 Å². The van der Waals surface area contributed by atoms with Gasteiger partial charge >= 0.3 is 0 Å². The van der Waals surface area contributed by atoms with Crippen LogP contribution in [0.1, 0.15) is 29.4 Å². The molecule has 2 heterocycles. The summed E-state index contributed by atoms with van der Waals surface area (Å²) in [5.41, 5.74) is 5.95. The van der Waals surface area contributed by atoms with Crippen molar-refractivity contribution in [2.24, 2.45) is 7.05 Å². The minimum absolute atomic E-state index is 1.06. The molecule has 0 atom stereocenters. The second-order valence-corrected chi connectivity index (χ2v) is 5.47. The second kappa shape index (κ2) is 5.22. The number of hydrogen-bond donors (Lipinski definition) is 0. The first-order chi connectivity index (χ1) is 9.28. The third-order valence-corrected chi connectivity index (χ3v) is 4.23. The van der Waals surface area contributed by atoms with Gasteiger partial charge in [0.2, 0.25) is 0 Å². The van der Waals surface area contributed by atoms with Gasteiger partial charge in [-0.25, -0.2) is 0 Å². The fourth-order valence-electron chi connectivity index (χ4n) is 3.08. The number of rotatable bonds is 3. The van der Waals surface area contributed by atoms with Gasteiger partial charge in [0.1, 0.15) is 0 Å². The summed E-state index contributed by atoms with van der Waals surface area (Å²) in [6.45, 7) is 5.56. The van der Waals surface area contributed by atoms with E-state index in [0.29, 0.717) is 0 Å². The third kappa shape index (κ3) is 2.45. The van der Waals surface area contributed by atoms with Gasteiger partial charge in [-0.2, -0.15) is 0 Å². The highest BCUT2D eigenvalue weighted by Crippen LogP contribution is 2.23. The molecule has 2 heteroatoms. The first kappa shape index (κ1) is 12.5. The highest BCUT2D eigenvalue weighted by molar-refractivity contribution is 5.30. The average molecular weight is 254 g/mol. The zero-order chi connectivity index (χ0) is 13.2. The molecule has 1 aromatic heterocycles. The van der Waals surface area contributed by atoms with Gasteiger partial charge in [-0.3, -0.25) is 4.90 Å². The molecule has 0 saturated heterocycles. The molecule has 1 aliphatic heterocycles. The van der Waals surface area contributed by atoms with Crippen molar-refractivity contribution in [3.05, 3.63) is 58.9 Å². The molecule has 1 aromatic carbocycles. The van der Waals surface area contributed by atoms with E-state index in [1.54, 1.807) is 5.56 Å². The lowest BCUT2D eigenvalue weighted by Gasteiger charge is -2.28. The van der Waals surface area contributed by atoms with E-state index in [2.05, 4.69) is 59.8 Å². The summed E-state index contributed by atoms with van der Waals surface area (Å²) in [4.78, 5) is 2.55. The van der Waals surface area contributed by atoms with Gasteiger partial charge in [-0.1, -0.05) is 37.3 Å². The van der Waals surface area contributed by atoms with Crippen LogP contribution in [-0.4, -0.2) is 16.0 Å². The zero-order valence-corrected chi connectivity index (χ0v) is 11.9. The Balaban J connectivity index is 1.77. The van der Waals surface area contributed by atoms with E-state index in [1.807, 2.05) is 0 Å². The molecule has 0 spiro atoms. The van der Waals surface area contributed by atoms with Crippen molar-refractivity contribution in [1.82, 2.24) is 9.47 Å². The quantitative estimate of drug-likeness (QED) is 0.817. The molecular formula is C17H22N2. The summed E-state index contributed by atoms with van der Waals surface area (Å²) in [5.74, 6) is 0. The molecule has 0 saturated carbocycles. The highest BCUT2D eigenvalue weighted by Gasteiger charge is 2.20. The fourth-order valence-corrected chi connectivity index (χ4v) is 3.08. The average Bonchev–Trinajstić information content (AvgIpc) is 2.77. The lowest BCUT2D eigenvalue weighted by atomic mass is 10.1. The molecule has 100 valence electrons. The maximum atomic E-state index is 2.55. The summed E-state index contributed by atoms with van der Waals surface area (Å²) >= 11 is 0. The third-order valence-electron chi connectivity index (χ3n) is 4.23. The van der Waals surface area contributed by atoms with Crippen LogP contribution < -0.4 is 0 Å². The van der Waals surface area contributed by atoms with E-state index in [1.165, 1.54) is 29.9 Å². The van der Waals surface area contributed by atoms with Crippen LogP contribution in [0.4, 0.5) is 0 Å². The van der Waals surface area contributed by atoms with Crippen LogP contribution >= 0.6 is 0 Å². The van der Waals surface area contributed by atoms with Crippen molar-refractivity contribution >= 4 is 0 Å². The molecule has 0 fully saturated rings. The Kier molecular flexibility index (Phi) is 3.43. The second-order valence-electron chi connectivity index (χ2n) is 5.47. The summed E-state index contributed by atoms with van der Waals surface area (Å²) in [6, 6.07) is 13.2. The largest absolute Gasteiger partial charge is 0.350 e. The van der Waals surface area contributed by atoms with Crippen LogP contribution in [-0.2, 0) is 33.0 Å². The number of hydrogen-bond acceptors (Lipinski definition) is 1. The fraction of sp³-hybridized carbons (Fsp3) is 0.412. The van der Waals surface area contributed by atoms with Crippen molar-refractivity contribution in [2.45, 2.75) is 32.9 Å². The lowest BCUT2D eigenvalue weighted by Crippen LogP contribution is -2.30. The van der Waals surface area contributed by atoms with Crippen molar-refractivity contribution in [3.8, 4) is 0 Å². The van der Waals surface area contributed by atoms with Crippen LogP contribution in [0, 0.1) is 0 Å². The lowest BCUT2D eigenvalue weighted by molar-refractivity contribution is 0.239. The van der Waals surface area contributed by atoms with E-state index >= 15 is 0 Å². The number of aromatic nitrogens is 1. The predicted molar refractivity (Wildman–Crippen MR) is 79.1 cm³/mol. The SMILES string of the molecule is CCc1cc2c(n1C)CN(Cc1ccccc1)CC2.